The van der Waals surface area contributed by atoms with Gasteiger partial charge in [-0.25, -0.2) is 0 Å². The van der Waals surface area contributed by atoms with E-state index in [4.69, 9.17) is 23.2 Å². The predicted octanol–water partition coefficient (Wildman–Crippen LogP) is 5.09. The Morgan fingerprint density at radius 3 is 2.67 bits per heavy atom. The Hall–Kier alpha value is -1.18. The van der Waals surface area contributed by atoms with Crippen molar-refractivity contribution in [1.82, 2.24) is 0 Å². The number of hydrogen-bond acceptors (Lipinski definition) is 1. The average Bonchev–Trinajstić information content (AvgIpc) is 2.72. The summed E-state index contributed by atoms with van der Waals surface area (Å²) in [5, 5.41) is 5.08. The highest BCUT2D eigenvalue weighted by molar-refractivity contribution is 6.31. The maximum absolute atomic E-state index is 6.07. The second-order valence-corrected chi connectivity index (χ2v) is 5.46. The van der Waals surface area contributed by atoms with Gasteiger partial charge in [0.25, 0.3) is 0 Å². The first kappa shape index (κ1) is 11.9. The third-order valence-electron chi connectivity index (χ3n) is 3.35. The molecule has 3 heteroatoms. The van der Waals surface area contributed by atoms with E-state index in [9.17, 15) is 0 Å². The van der Waals surface area contributed by atoms with Gasteiger partial charge in [-0.2, -0.15) is 0 Å². The Morgan fingerprint density at radius 1 is 1.00 bits per heavy atom. The van der Waals surface area contributed by atoms with Gasteiger partial charge in [0.1, 0.15) is 0 Å². The van der Waals surface area contributed by atoms with Gasteiger partial charge in [-0.1, -0.05) is 35.3 Å². The molecule has 1 unspecified atom stereocenters. The zero-order chi connectivity index (χ0) is 12.5. The summed E-state index contributed by atoms with van der Waals surface area (Å²) in [6.45, 7) is 0. The average molecular weight is 278 g/mol. The summed E-state index contributed by atoms with van der Waals surface area (Å²) in [4.78, 5) is 0. The summed E-state index contributed by atoms with van der Waals surface area (Å²) in [5.74, 6) is 0. The van der Waals surface area contributed by atoms with E-state index in [0.717, 1.165) is 28.6 Å². The molecule has 3 rings (SSSR count). The van der Waals surface area contributed by atoms with Crippen LogP contribution in [0, 0.1) is 0 Å². The lowest BCUT2D eigenvalue weighted by atomic mass is 10.1. The lowest BCUT2D eigenvalue weighted by Gasteiger charge is -2.16. The molecule has 0 saturated heterocycles. The van der Waals surface area contributed by atoms with Gasteiger partial charge in [0.05, 0.1) is 6.04 Å². The zero-order valence-corrected chi connectivity index (χ0v) is 11.3. The maximum Gasteiger partial charge on any atom is 0.0520 e. The maximum atomic E-state index is 6.07. The summed E-state index contributed by atoms with van der Waals surface area (Å²) in [5.41, 5.74) is 3.75. The van der Waals surface area contributed by atoms with Crippen molar-refractivity contribution in [2.24, 2.45) is 0 Å². The van der Waals surface area contributed by atoms with Crippen LogP contribution in [0.1, 0.15) is 23.6 Å². The number of anilines is 1. The second-order valence-electron chi connectivity index (χ2n) is 4.59. The first-order valence-corrected chi connectivity index (χ1v) is 6.78. The molecule has 0 fully saturated rings. The van der Waals surface area contributed by atoms with E-state index >= 15 is 0 Å². The lowest BCUT2D eigenvalue weighted by Crippen LogP contribution is -2.06. The molecular weight excluding hydrogens is 265 g/mol. The van der Waals surface area contributed by atoms with Crippen molar-refractivity contribution in [3.8, 4) is 0 Å². The van der Waals surface area contributed by atoms with Crippen LogP contribution in [0.3, 0.4) is 0 Å². The van der Waals surface area contributed by atoms with Gasteiger partial charge >= 0.3 is 0 Å². The van der Waals surface area contributed by atoms with Gasteiger partial charge in [0, 0.05) is 15.7 Å². The molecule has 0 spiro atoms. The van der Waals surface area contributed by atoms with Crippen molar-refractivity contribution >= 4 is 28.9 Å². The van der Waals surface area contributed by atoms with Crippen LogP contribution in [-0.4, -0.2) is 0 Å². The summed E-state index contributed by atoms with van der Waals surface area (Å²) in [7, 11) is 0. The smallest absolute Gasteiger partial charge is 0.0520 e. The standard InChI is InChI=1S/C15H13Cl2N/c16-11-2-1-3-13(8-11)18-15-7-5-10-4-6-12(17)9-14(10)15/h1-4,6,8-9,15,18H,5,7H2. The fourth-order valence-corrected chi connectivity index (χ4v) is 2.87. The highest BCUT2D eigenvalue weighted by Gasteiger charge is 2.22. The Labute approximate surface area is 117 Å². The second kappa shape index (κ2) is 4.83. The fourth-order valence-electron chi connectivity index (χ4n) is 2.50. The number of benzene rings is 2. The van der Waals surface area contributed by atoms with Crippen molar-refractivity contribution in [3.05, 3.63) is 63.6 Å². The van der Waals surface area contributed by atoms with E-state index in [1.165, 1.54) is 11.1 Å². The Kier molecular flexibility index (Phi) is 3.19. The molecular formula is C15H13Cl2N. The minimum Gasteiger partial charge on any atom is -0.378 e. The first-order valence-electron chi connectivity index (χ1n) is 6.03. The van der Waals surface area contributed by atoms with Gasteiger partial charge < -0.3 is 5.32 Å². The first-order chi connectivity index (χ1) is 8.72. The van der Waals surface area contributed by atoms with Crippen LogP contribution in [0.15, 0.2) is 42.5 Å². The third-order valence-corrected chi connectivity index (χ3v) is 3.82. The van der Waals surface area contributed by atoms with Crippen molar-refractivity contribution in [3.63, 3.8) is 0 Å². The van der Waals surface area contributed by atoms with Crippen LogP contribution >= 0.6 is 23.2 Å². The highest BCUT2D eigenvalue weighted by Crippen LogP contribution is 2.35. The molecule has 0 heterocycles. The molecule has 0 bridgehead atoms. The predicted molar refractivity (Wildman–Crippen MR) is 77.6 cm³/mol. The number of nitrogens with one attached hydrogen (secondary N) is 1. The molecule has 1 aliphatic carbocycles. The number of aryl methyl sites for hydroxylation is 1. The molecule has 1 N–H and O–H groups in total. The Morgan fingerprint density at radius 2 is 1.83 bits per heavy atom. The van der Waals surface area contributed by atoms with Crippen molar-refractivity contribution in [2.45, 2.75) is 18.9 Å². The number of fused-ring (bicyclic) bond motifs is 1. The molecule has 18 heavy (non-hydrogen) atoms. The fraction of sp³-hybridized carbons (Fsp3) is 0.200. The summed E-state index contributed by atoms with van der Waals surface area (Å²) in [6.07, 6.45) is 2.20. The molecule has 0 aliphatic heterocycles. The van der Waals surface area contributed by atoms with Crippen LogP contribution in [0.4, 0.5) is 5.69 Å². The third kappa shape index (κ3) is 2.33. The molecule has 92 valence electrons. The largest absolute Gasteiger partial charge is 0.378 e. The van der Waals surface area contributed by atoms with E-state index in [-0.39, 0.29) is 0 Å². The molecule has 0 aromatic heterocycles. The number of rotatable bonds is 2. The molecule has 1 atom stereocenters. The lowest BCUT2D eigenvalue weighted by molar-refractivity contribution is 0.762. The SMILES string of the molecule is Clc1cccc(NC2CCc3ccc(Cl)cc32)c1. The van der Waals surface area contributed by atoms with Gasteiger partial charge in [-0.15, -0.1) is 0 Å². The molecule has 0 saturated carbocycles. The van der Waals surface area contributed by atoms with E-state index in [0.29, 0.717) is 6.04 Å². The van der Waals surface area contributed by atoms with E-state index in [1.54, 1.807) is 0 Å². The topological polar surface area (TPSA) is 12.0 Å². The number of hydrogen-bond donors (Lipinski definition) is 1. The van der Waals surface area contributed by atoms with Gasteiger partial charge in [0.15, 0.2) is 0 Å². The molecule has 0 amide bonds. The summed E-state index contributed by atoms with van der Waals surface area (Å²) in [6, 6.07) is 14.3. The van der Waals surface area contributed by atoms with Crippen molar-refractivity contribution < 1.29 is 0 Å². The molecule has 2 aromatic carbocycles. The van der Waals surface area contributed by atoms with Gasteiger partial charge in [-0.05, 0) is 54.3 Å². The zero-order valence-electron chi connectivity index (χ0n) is 9.79. The summed E-state index contributed by atoms with van der Waals surface area (Å²) >= 11 is 12.1. The van der Waals surface area contributed by atoms with Crippen LogP contribution < -0.4 is 5.32 Å². The van der Waals surface area contributed by atoms with Crippen LogP contribution in [0.2, 0.25) is 10.0 Å². The molecule has 2 aromatic rings. The summed E-state index contributed by atoms with van der Waals surface area (Å²) < 4.78 is 0. The van der Waals surface area contributed by atoms with Gasteiger partial charge in [-0.3, -0.25) is 0 Å². The van der Waals surface area contributed by atoms with E-state index < -0.39 is 0 Å². The highest BCUT2D eigenvalue weighted by atomic mass is 35.5. The van der Waals surface area contributed by atoms with E-state index in [2.05, 4.69) is 17.4 Å². The van der Waals surface area contributed by atoms with Crippen LogP contribution in [-0.2, 0) is 6.42 Å². The molecule has 1 aliphatic rings. The number of halogens is 2. The normalized spacial score (nSPS) is 17.6. The van der Waals surface area contributed by atoms with Crippen LogP contribution in [0.5, 0.6) is 0 Å². The van der Waals surface area contributed by atoms with Crippen LogP contribution in [0.25, 0.3) is 0 Å². The Balaban J connectivity index is 1.86. The molecule has 1 nitrogen and oxygen atoms in total. The monoisotopic (exact) mass is 277 g/mol. The van der Waals surface area contributed by atoms with E-state index in [1.807, 2.05) is 30.3 Å². The quantitative estimate of drug-likeness (QED) is 0.806. The van der Waals surface area contributed by atoms with Crippen molar-refractivity contribution in [2.75, 3.05) is 5.32 Å². The van der Waals surface area contributed by atoms with Gasteiger partial charge in [0.2, 0.25) is 0 Å². The van der Waals surface area contributed by atoms with Crippen molar-refractivity contribution in [1.29, 1.82) is 0 Å². The minimum atomic E-state index is 0.331. The molecule has 0 radical (unpaired) electrons. The Bertz CT molecular complexity index is 580. The minimum absolute atomic E-state index is 0.331.